The summed E-state index contributed by atoms with van der Waals surface area (Å²) < 4.78 is 0. The molecule has 1 aliphatic rings. The Morgan fingerprint density at radius 1 is 1.44 bits per heavy atom. The van der Waals surface area contributed by atoms with Crippen molar-refractivity contribution in [3.8, 4) is 0 Å². The van der Waals surface area contributed by atoms with Crippen molar-refractivity contribution in [3.05, 3.63) is 31.6 Å². The smallest absolute Gasteiger partial charge is 0.0606 e. The third-order valence-corrected chi connectivity index (χ3v) is 1.46. The first kappa shape index (κ1) is 7.07. The van der Waals surface area contributed by atoms with Crippen LogP contribution in [0.1, 0.15) is 13.3 Å². The Morgan fingerprint density at radius 2 is 2.00 bits per heavy atom. The van der Waals surface area contributed by atoms with Crippen LogP contribution in [0.25, 0.3) is 0 Å². The van der Waals surface area contributed by atoms with E-state index in [1.807, 2.05) is 32.6 Å². The predicted octanol–water partition coefficient (Wildman–Crippen LogP) is 1.16. The van der Waals surface area contributed by atoms with Crippen LogP contribution in [0, 0.1) is 31.6 Å². The van der Waals surface area contributed by atoms with Crippen LogP contribution in [-0.4, -0.2) is 11.2 Å². The van der Waals surface area contributed by atoms with Gasteiger partial charge in [-0.3, -0.25) is 0 Å². The van der Waals surface area contributed by atoms with Gasteiger partial charge in [-0.1, -0.05) is 6.92 Å². The molecule has 1 N–H and O–H groups in total. The molecule has 1 rings (SSSR count). The summed E-state index contributed by atoms with van der Waals surface area (Å²) in [6, 6.07) is 0. The molecule has 1 heteroatoms. The van der Waals surface area contributed by atoms with Crippen LogP contribution in [0.2, 0.25) is 0 Å². The summed E-state index contributed by atoms with van der Waals surface area (Å²) in [6.45, 7) is 1.97. The molecule has 5 radical (unpaired) electrons. The molecular weight excluding hydrogens is 112 g/mol. The summed E-state index contributed by atoms with van der Waals surface area (Å²) in [7, 11) is 0. The maximum absolute atomic E-state index is 9.22. The van der Waals surface area contributed by atoms with Gasteiger partial charge in [0.05, 0.1) is 6.10 Å². The number of aliphatic hydroxyl groups excluding tert-OH is 1. The quantitative estimate of drug-likeness (QED) is 0.584. The van der Waals surface area contributed by atoms with E-state index >= 15 is 0 Å². The van der Waals surface area contributed by atoms with E-state index in [0.29, 0.717) is 0 Å². The molecule has 1 nitrogen and oxygen atoms in total. The minimum atomic E-state index is -0.264. The molecule has 0 aromatic heterocycles. The molecule has 0 aromatic carbocycles. The Kier molecular flexibility index (Phi) is 2.52. The number of hydrogen-bond acceptors (Lipinski definition) is 1. The summed E-state index contributed by atoms with van der Waals surface area (Å²) in [4.78, 5) is 0. The second-order valence-electron chi connectivity index (χ2n) is 2.14. The van der Waals surface area contributed by atoms with Crippen molar-refractivity contribution in [2.75, 3.05) is 0 Å². The van der Waals surface area contributed by atoms with E-state index in [0.717, 1.165) is 12.3 Å². The van der Waals surface area contributed by atoms with Crippen molar-refractivity contribution in [1.29, 1.82) is 0 Å². The topological polar surface area (TPSA) is 20.2 Å². The average molecular weight is 123 g/mol. The highest BCUT2D eigenvalue weighted by Crippen LogP contribution is 2.27. The van der Waals surface area contributed by atoms with Crippen LogP contribution in [-0.2, 0) is 0 Å². The highest BCUT2D eigenvalue weighted by molar-refractivity contribution is 5.37. The lowest BCUT2D eigenvalue weighted by molar-refractivity contribution is 0.192. The molecule has 1 unspecified atom stereocenters. The van der Waals surface area contributed by atoms with Gasteiger partial charge < -0.3 is 5.11 Å². The van der Waals surface area contributed by atoms with Gasteiger partial charge in [-0.2, -0.15) is 0 Å². The number of rotatable bonds is 2. The molecule has 9 heavy (non-hydrogen) atoms. The number of hydrogen-bond donors (Lipinski definition) is 1. The zero-order valence-corrected chi connectivity index (χ0v) is 5.54. The fraction of sp³-hybridized carbons (Fsp3) is 0.375. The molecule has 0 spiro atoms. The zero-order chi connectivity index (χ0) is 6.69. The van der Waals surface area contributed by atoms with Crippen molar-refractivity contribution in [3.63, 3.8) is 0 Å². The summed E-state index contributed by atoms with van der Waals surface area (Å²) >= 11 is 0. The summed E-state index contributed by atoms with van der Waals surface area (Å²) in [5.41, 5.74) is 0. The maximum Gasteiger partial charge on any atom is 0.0606 e. The zero-order valence-electron chi connectivity index (χ0n) is 5.54. The van der Waals surface area contributed by atoms with Crippen LogP contribution in [0.15, 0.2) is 0 Å². The Morgan fingerprint density at radius 3 is 2.44 bits per heavy atom. The van der Waals surface area contributed by atoms with E-state index in [-0.39, 0.29) is 6.10 Å². The van der Waals surface area contributed by atoms with Crippen molar-refractivity contribution in [2.45, 2.75) is 19.4 Å². The lowest BCUT2D eigenvalue weighted by Crippen LogP contribution is -2.14. The SMILES string of the molecule is CCC(O)[C]1[CH][CH][CH][CH]1. The lowest BCUT2D eigenvalue weighted by atomic mass is 9.99. The van der Waals surface area contributed by atoms with Gasteiger partial charge in [0.15, 0.2) is 0 Å². The fourth-order valence-electron chi connectivity index (χ4n) is 0.847. The molecule has 1 aliphatic carbocycles. The van der Waals surface area contributed by atoms with Gasteiger partial charge >= 0.3 is 0 Å². The second kappa shape index (κ2) is 3.21. The minimum absolute atomic E-state index is 0.264. The summed E-state index contributed by atoms with van der Waals surface area (Å²) in [5, 5.41) is 9.22. The van der Waals surface area contributed by atoms with Crippen LogP contribution >= 0.6 is 0 Å². The molecule has 0 amide bonds. The van der Waals surface area contributed by atoms with E-state index < -0.39 is 0 Å². The standard InChI is InChI=1S/C8H11O/c1-2-8(9)7-5-3-4-6-7/h3-6,8-9H,2H2,1H3. The predicted molar refractivity (Wildman–Crippen MR) is 36.7 cm³/mol. The third-order valence-electron chi connectivity index (χ3n) is 1.46. The van der Waals surface area contributed by atoms with Crippen LogP contribution in [0.5, 0.6) is 0 Å². The molecule has 0 aromatic rings. The van der Waals surface area contributed by atoms with Crippen molar-refractivity contribution >= 4 is 0 Å². The van der Waals surface area contributed by atoms with Crippen LogP contribution < -0.4 is 0 Å². The largest absolute Gasteiger partial charge is 0.393 e. The Bertz CT molecular complexity index is 74.6. The molecule has 0 bridgehead atoms. The van der Waals surface area contributed by atoms with E-state index in [1.54, 1.807) is 0 Å². The van der Waals surface area contributed by atoms with Gasteiger partial charge in [-0.15, -0.1) is 0 Å². The van der Waals surface area contributed by atoms with Gasteiger partial charge in [-0.25, -0.2) is 0 Å². The summed E-state index contributed by atoms with van der Waals surface area (Å²) in [6.07, 6.45) is 8.29. The normalized spacial score (nSPS) is 24.7. The Labute approximate surface area is 57.1 Å². The highest BCUT2D eigenvalue weighted by Gasteiger charge is 2.22. The molecule has 49 valence electrons. The van der Waals surface area contributed by atoms with Gasteiger partial charge in [0.1, 0.15) is 0 Å². The fourth-order valence-corrected chi connectivity index (χ4v) is 0.847. The average Bonchev–Trinajstić information content (AvgIpc) is 2.37. The molecule has 1 atom stereocenters. The van der Waals surface area contributed by atoms with Gasteiger partial charge in [0.2, 0.25) is 0 Å². The van der Waals surface area contributed by atoms with Crippen molar-refractivity contribution in [1.82, 2.24) is 0 Å². The van der Waals surface area contributed by atoms with E-state index in [4.69, 9.17) is 0 Å². The molecule has 0 saturated heterocycles. The molecule has 0 aliphatic heterocycles. The Hall–Kier alpha value is -0.0400. The van der Waals surface area contributed by atoms with Crippen LogP contribution in [0.3, 0.4) is 0 Å². The molecule has 0 heterocycles. The highest BCUT2D eigenvalue weighted by atomic mass is 16.3. The van der Waals surface area contributed by atoms with E-state index in [2.05, 4.69) is 0 Å². The number of aliphatic hydroxyl groups is 1. The minimum Gasteiger partial charge on any atom is -0.393 e. The third kappa shape index (κ3) is 1.68. The van der Waals surface area contributed by atoms with Gasteiger partial charge in [-0.05, 0) is 32.1 Å². The van der Waals surface area contributed by atoms with Crippen LogP contribution in [0.4, 0.5) is 0 Å². The first-order valence-corrected chi connectivity index (χ1v) is 3.24. The second-order valence-corrected chi connectivity index (χ2v) is 2.14. The van der Waals surface area contributed by atoms with Gasteiger partial charge in [0, 0.05) is 5.92 Å². The maximum atomic E-state index is 9.22. The summed E-state index contributed by atoms with van der Waals surface area (Å²) in [5.74, 6) is 1.03. The Balaban J connectivity index is 2.24. The first-order chi connectivity index (χ1) is 4.34. The van der Waals surface area contributed by atoms with Gasteiger partial charge in [0.25, 0.3) is 0 Å². The molecular formula is C8H11O. The first-order valence-electron chi connectivity index (χ1n) is 3.24. The van der Waals surface area contributed by atoms with Crippen molar-refractivity contribution in [2.24, 2.45) is 0 Å². The van der Waals surface area contributed by atoms with Crippen molar-refractivity contribution < 1.29 is 5.11 Å². The van der Waals surface area contributed by atoms with E-state index in [9.17, 15) is 5.11 Å². The van der Waals surface area contributed by atoms with E-state index in [1.165, 1.54) is 0 Å². The molecule has 1 fully saturated rings. The monoisotopic (exact) mass is 123 g/mol. The molecule has 1 saturated carbocycles. The lowest BCUT2D eigenvalue weighted by Gasteiger charge is -2.12.